The molecule has 0 saturated carbocycles. The second-order valence-corrected chi connectivity index (χ2v) is 4.98. The molecule has 1 unspecified atom stereocenters. The Morgan fingerprint density at radius 3 is 2.65 bits per heavy atom. The maximum atomic E-state index is 6.18. The molecule has 1 heterocycles. The lowest BCUT2D eigenvalue weighted by atomic mass is 10.0. The van der Waals surface area contributed by atoms with Crippen LogP contribution in [0.1, 0.15) is 24.1 Å². The first-order valence-corrected chi connectivity index (χ1v) is 6.50. The summed E-state index contributed by atoms with van der Waals surface area (Å²) in [4.78, 5) is 0. The normalized spacial score (nSPS) is 12.6. The molecule has 0 amide bonds. The average molecular weight is 294 g/mol. The Hall–Kier alpha value is -1.13. The second-order valence-electron chi connectivity index (χ2n) is 4.07. The molecule has 2 aromatic rings. The third-order valence-electron chi connectivity index (χ3n) is 2.76. The van der Waals surface area contributed by atoms with Crippen molar-refractivity contribution in [2.45, 2.75) is 25.9 Å². The van der Waals surface area contributed by atoms with Crippen LogP contribution in [-0.2, 0) is 13.0 Å². The summed E-state index contributed by atoms with van der Waals surface area (Å²) in [5, 5.41) is 4.25. The van der Waals surface area contributed by atoms with Crippen molar-refractivity contribution in [3.8, 4) is 0 Å². The second kappa shape index (κ2) is 5.47. The number of nitrogens with two attached hydrogens (primary N) is 1. The minimum atomic E-state index is 0.0256. The van der Waals surface area contributed by atoms with Gasteiger partial charge in [0.2, 0.25) is 0 Å². The van der Waals surface area contributed by atoms with E-state index in [0.717, 1.165) is 23.0 Å². The quantitative estimate of drug-likeness (QED) is 0.942. The highest BCUT2D eigenvalue weighted by molar-refractivity contribution is 9.10. The van der Waals surface area contributed by atoms with Gasteiger partial charge in [-0.3, -0.25) is 4.68 Å². The molecule has 4 heteroatoms. The van der Waals surface area contributed by atoms with Gasteiger partial charge in [-0.05, 0) is 36.6 Å². The molecule has 2 rings (SSSR count). The van der Waals surface area contributed by atoms with Gasteiger partial charge < -0.3 is 5.73 Å². The maximum Gasteiger partial charge on any atom is 0.0522 e. The summed E-state index contributed by atoms with van der Waals surface area (Å²) < 4.78 is 3.00. The van der Waals surface area contributed by atoms with Gasteiger partial charge in [0.15, 0.2) is 0 Å². The molecule has 1 atom stereocenters. The molecule has 1 aromatic heterocycles. The monoisotopic (exact) mass is 293 g/mol. The molecular weight excluding hydrogens is 278 g/mol. The van der Waals surface area contributed by atoms with Gasteiger partial charge in [-0.1, -0.05) is 28.1 Å². The van der Waals surface area contributed by atoms with Crippen molar-refractivity contribution in [3.05, 3.63) is 52.3 Å². The van der Waals surface area contributed by atoms with Gasteiger partial charge in [0.1, 0.15) is 0 Å². The van der Waals surface area contributed by atoms with Gasteiger partial charge in [0, 0.05) is 23.3 Å². The number of hydrogen-bond donors (Lipinski definition) is 1. The van der Waals surface area contributed by atoms with Crippen molar-refractivity contribution >= 4 is 15.9 Å². The van der Waals surface area contributed by atoms with E-state index in [0.29, 0.717) is 0 Å². The zero-order valence-corrected chi connectivity index (χ0v) is 11.4. The van der Waals surface area contributed by atoms with E-state index in [1.54, 1.807) is 0 Å². The lowest BCUT2D eigenvalue weighted by Gasteiger charge is -2.10. The van der Waals surface area contributed by atoms with E-state index >= 15 is 0 Å². The van der Waals surface area contributed by atoms with Crippen LogP contribution in [0, 0.1) is 0 Å². The van der Waals surface area contributed by atoms with Crippen LogP contribution < -0.4 is 5.73 Å². The molecule has 90 valence electrons. The van der Waals surface area contributed by atoms with Crippen LogP contribution in [-0.4, -0.2) is 9.78 Å². The zero-order chi connectivity index (χ0) is 12.3. The Balaban J connectivity index is 2.05. The van der Waals surface area contributed by atoms with Gasteiger partial charge in [0.25, 0.3) is 0 Å². The van der Waals surface area contributed by atoms with E-state index in [-0.39, 0.29) is 6.04 Å². The molecule has 2 N–H and O–H groups in total. The number of halogens is 1. The predicted octanol–water partition coefficient (Wildman–Crippen LogP) is 2.91. The highest BCUT2D eigenvalue weighted by Gasteiger charge is 2.08. The van der Waals surface area contributed by atoms with Crippen LogP contribution in [0.5, 0.6) is 0 Å². The van der Waals surface area contributed by atoms with Gasteiger partial charge in [-0.15, -0.1) is 0 Å². The van der Waals surface area contributed by atoms with Gasteiger partial charge in [0.05, 0.1) is 6.20 Å². The average Bonchev–Trinajstić information content (AvgIpc) is 2.77. The van der Waals surface area contributed by atoms with Crippen molar-refractivity contribution in [3.63, 3.8) is 0 Å². The first-order chi connectivity index (χ1) is 8.19. The molecule has 0 aliphatic rings. The number of nitrogens with zero attached hydrogens (tertiary/aromatic N) is 2. The molecule has 0 aliphatic heterocycles. The Kier molecular flexibility index (Phi) is 3.97. The zero-order valence-electron chi connectivity index (χ0n) is 9.81. The molecule has 0 spiro atoms. The van der Waals surface area contributed by atoms with E-state index in [1.165, 1.54) is 5.56 Å². The summed E-state index contributed by atoms with van der Waals surface area (Å²) in [6, 6.07) is 8.17. The number of aromatic nitrogens is 2. The first-order valence-electron chi connectivity index (χ1n) is 5.71. The summed E-state index contributed by atoms with van der Waals surface area (Å²) in [6.45, 7) is 2.97. The Bertz CT molecular complexity index is 476. The van der Waals surface area contributed by atoms with Crippen molar-refractivity contribution in [1.82, 2.24) is 9.78 Å². The summed E-state index contributed by atoms with van der Waals surface area (Å²) >= 11 is 3.42. The van der Waals surface area contributed by atoms with Crippen LogP contribution in [0.3, 0.4) is 0 Å². The minimum absolute atomic E-state index is 0.0256. The van der Waals surface area contributed by atoms with Crippen LogP contribution in [0.2, 0.25) is 0 Å². The summed E-state index contributed by atoms with van der Waals surface area (Å²) in [7, 11) is 0. The third-order valence-corrected chi connectivity index (χ3v) is 3.29. The number of hydrogen-bond acceptors (Lipinski definition) is 2. The van der Waals surface area contributed by atoms with Crippen molar-refractivity contribution in [2.75, 3.05) is 0 Å². The standard InChI is InChI=1S/C13H16BrN3/c1-2-17-9-10(8-16-17)7-13(15)11-3-5-12(14)6-4-11/h3-6,8-9,13H,2,7,15H2,1H3. The van der Waals surface area contributed by atoms with E-state index < -0.39 is 0 Å². The fourth-order valence-electron chi connectivity index (χ4n) is 1.77. The lowest BCUT2D eigenvalue weighted by molar-refractivity contribution is 0.657. The molecule has 0 bridgehead atoms. The van der Waals surface area contributed by atoms with E-state index in [4.69, 9.17) is 5.73 Å². The minimum Gasteiger partial charge on any atom is -0.324 e. The van der Waals surface area contributed by atoms with E-state index in [2.05, 4.69) is 46.3 Å². The topological polar surface area (TPSA) is 43.8 Å². The molecule has 0 aliphatic carbocycles. The first kappa shape index (κ1) is 12.3. The Morgan fingerprint density at radius 1 is 1.35 bits per heavy atom. The molecule has 0 radical (unpaired) electrons. The van der Waals surface area contributed by atoms with Gasteiger partial charge >= 0.3 is 0 Å². The van der Waals surface area contributed by atoms with E-state index in [1.807, 2.05) is 23.0 Å². The van der Waals surface area contributed by atoms with Crippen LogP contribution in [0.25, 0.3) is 0 Å². The highest BCUT2D eigenvalue weighted by atomic mass is 79.9. The molecule has 3 nitrogen and oxygen atoms in total. The van der Waals surface area contributed by atoms with Crippen molar-refractivity contribution in [2.24, 2.45) is 5.73 Å². The van der Waals surface area contributed by atoms with Gasteiger partial charge in [-0.25, -0.2) is 0 Å². The summed E-state index contributed by atoms with van der Waals surface area (Å²) in [5.41, 5.74) is 8.51. The molecule has 0 saturated heterocycles. The summed E-state index contributed by atoms with van der Waals surface area (Å²) in [6.07, 6.45) is 4.77. The SMILES string of the molecule is CCn1cc(CC(N)c2ccc(Br)cc2)cn1. The highest BCUT2D eigenvalue weighted by Crippen LogP contribution is 2.18. The summed E-state index contributed by atoms with van der Waals surface area (Å²) in [5.74, 6) is 0. The van der Waals surface area contributed by atoms with Crippen molar-refractivity contribution in [1.29, 1.82) is 0 Å². The van der Waals surface area contributed by atoms with Gasteiger partial charge in [-0.2, -0.15) is 5.10 Å². The molecule has 17 heavy (non-hydrogen) atoms. The lowest BCUT2D eigenvalue weighted by Crippen LogP contribution is -2.12. The molecular formula is C13H16BrN3. The molecule has 1 aromatic carbocycles. The van der Waals surface area contributed by atoms with Crippen LogP contribution in [0.4, 0.5) is 0 Å². The molecule has 0 fully saturated rings. The largest absolute Gasteiger partial charge is 0.324 e. The number of benzene rings is 1. The van der Waals surface area contributed by atoms with Crippen LogP contribution >= 0.6 is 15.9 Å². The third kappa shape index (κ3) is 3.17. The van der Waals surface area contributed by atoms with Crippen molar-refractivity contribution < 1.29 is 0 Å². The number of rotatable bonds is 4. The van der Waals surface area contributed by atoms with E-state index in [9.17, 15) is 0 Å². The Morgan fingerprint density at radius 2 is 2.06 bits per heavy atom. The van der Waals surface area contributed by atoms with Crippen LogP contribution in [0.15, 0.2) is 41.1 Å². The number of aryl methyl sites for hydroxylation is 1. The predicted molar refractivity (Wildman–Crippen MR) is 72.7 cm³/mol. The fraction of sp³-hybridized carbons (Fsp3) is 0.308. The fourth-order valence-corrected chi connectivity index (χ4v) is 2.03. The Labute approximate surface area is 110 Å². The smallest absolute Gasteiger partial charge is 0.0522 e. The maximum absolute atomic E-state index is 6.18.